The zero-order valence-corrected chi connectivity index (χ0v) is 12.2. The number of para-hydroxylation sites is 1. The zero-order chi connectivity index (χ0) is 14.8. The van der Waals surface area contributed by atoms with Crippen LogP contribution >= 0.6 is 0 Å². The Morgan fingerprint density at radius 1 is 1.24 bits per heavy atom. The van der Waals surface area contributed by atoms with Crippen LogP contribution in [0.1, 0.15) is 12.8 Å². The summed E-state index contributed by atoms with van der Waals surface area (Å²) in [5.41, 5.74) is 0.950. The van der Waals surface area contributed by atoms with Crippen molar-refractivity contribution in [1.82, 2.24) is 4.90 Å². The molecular weight excluding hydrogens is 268 g/mol. The molecule has 2 amide bonds. The van der Waals surface area contributed by atoms with E-state index in [0.29, 0.717) is 25.6 Å². The second-order valence-corrected chi connectivity index (χ2v) is 5.80. The molecule has 1 heterocycles. The summed E-state index contributed by atoms with van der Waals surface area (Å²) in [5.74, 6) is 0.742. The third kappa shape index (κ3) is 3.01. The molecule has 112 valence electrons. The zero-order valence-electron chi connectivity index (χ0n) is 12.2. The van der Waals surface area contributed by atoms with Crippen LogP contribution in [0, 0.1) is 11.8 Å². The molecule has 0 aromatic heterocycles. The molecule has 1 saturated carbocycles. The van der Waals surface area contributed by atoms with E-state index >= 15 is 0 Å². The van der Waals surface area contributed by atoms with Gasteiger partial charge in [0.25, 0.3) is 0 Å². The molecule has 3 rings (SSSR count). The van der Waals surface area contributed by atoms with E-state index < -0.39 is 0 Å². The summed E-state index contributed by atoms with van der Waals surface area (Å²) in [6.45, 7) is 1.99. The van der Waals surface area contributed by atoms with Crippen LogP contribution in [-0.2, 0) is 9.53 Å². The normalized spacial score (nSPS) is 18.0. The Bertz CT molecular complexity index is 522. The number of likely N-dealkylation sites (tertiary alicyclic amines) is 1. The van der Waals surface area contributed by atoms with Gasteiger partial charge in [-0.2, -0.15) is 0 Å². The van der Waals surface area contributed by atoms with Crippen LogP contribution in [0.5, 0.6) is 0 Å². The molecule has 21 heavy (non-hydrogen) atoms. The minimum absolute atomic E-state index is 0.196. The van der Waals surface area contributed by atoms with Crippen molar-refractivity contribution >= 4 is 17.7 Å². The quantitative estimate of drug-likeness (QED) is 0.853. The van der Waals surface area contributed by atoms with Crippen LogP contribution in [0.25, 0.3) is 0 Å². The van der Waals surface area contributed by atoms with Gasteiger partial charge in [0, 0.05) is 37.2 Å². The van der Waals surface area contributed by atoms with Gasteiger partial charge in [-0.05, 0) is 25.0 Å². The van der Waals surface area contributed by atoms with Gasteiger partial charge in [-0.3, -0.25) is 4.79 Å². The van der Waals surface area contributed by atoms with Crippen molar-refractivity contribution in [2.24, 2.45) is 11.8 Å². The first-order chi connectivity index (χ1) is 10.2. The highest BCUT2D eigenvalue weighted by atomic mass is 16.5. The third-order valence-electron chi connectivity index (χ3n) is 4.09. The van der Waals surface area contributed by atoms with Gasteiger partial charge in [-0.1, -0.05) is 18.2 Å². The van der Waals surface area contributed by atoms with E-state index in [0.717, 1.165) is 18.5 Å². The van der Waals surface area contributed by atoms with Gasteiger partial charge in [0.1, 0.15) is 0 Å². The van der Waals surface area contributed by atoms with Gasteiger partial charge in [-0.25, -0.2) is 4.79 Å². The lowest BCUT2D eigenvalue weighted by Crippen LogP contribution is -2.54. The van der Waals surface area contributed by atoms with Gasteiger partial charge in [0.05, 0.1) is 7.11 Å². The summed E-state index contributed by atoms with van der Waals surface area (Å²) in [4.78, 5) is 27.4. The van der Waals surface area contributed by atoms with Gasteiger partial charge in [-0.15, -0.1) is 0 Å². The van der Waals surface area contributed by atoms with Crippen molar-refractivity contribution < 1.29 is 14.3 Å². The van der Waals surface area contributed by atoms with Gasteiger partial charge in [0.2, 0.25) is 5.91 Å². The molecule has 2 aliphatic rings. The summed E-state index contributed by atoms with van der Waals surface area (Å²) >= 11 is 0. The predicted octanol–water partition coefficient (Wildman–Crippen LogP) is 2.13. The van der Waals surface area contributed by atoms with Crippen molar-refractivity contribution in [2.45, 2.75) is 12.8 Å². The average Bonchev–Trinajstić information content (AvgIpc) is 3.30. The molecule has 0 spiro atoms. The molecule has 0 bridgehead atoms. The predicted molar refractivity (Wildman–Crippen MR) is 79.0 cm³/mol. The largest absolute Gasteiger partial charge is 0.453 e. The maximum absolute atomic E-state index is 12.5. The first-order valence-corrected chi connectivity index (χ1v) is 7.38. The van der Waals surface area contributed by atoms with Crippen molar-refractivity contribution in [2.75, 3.05) is 31.6 Å². The highest BCUT2D eigenvalue weighted by Gasteiger charge is 2.38. The number of carbonyl (C=O) groups excluding carboxylic acids is 2. The monoisotopic (exact) mass is 288 g/mol. The maximum Gasteiger partial charge on any atom is 0.409 e. The molecule has 1 saturated heterocycles. The first kappa shape index (κ1) is 13.9. The Hall–Kier alpha value is -2.04. The second kappa shape index (κ2) is 5.76. The van der Waals surface area contributed by atoms with E-state index in [4.69, 9.17) is 4.74 Å². The summed E-state index contributed by atoms with van der Waals surface area (Å²) in [7, 11) is 1.39. The molecule has 0 atom stereocenters. The lowest BCUT2D eigenvalue weighted by molar-refractivity contribution is -0.120. The Kier molecular flexibility index (Phi) is 3.82. The maximum atomic E-state index is 12.5. The fourth-order valence-electron chi connectivity index (χ4n) is 2.70. The van der Waals surface area contributed by atoms with E-state index in [-0.39, 0.29) is 17.9 Å². The number of nitrogens with zero attached hydrogens (tertiary/aromatic N) is 2. The van der Waals surface area contributed by atoms with E-state index in [9.17, 15) is 9.59 Å². The first-order valence-electron chi connectivity index (χ1n) is 7.38. The Labute approximate surface area is 124 Å². The Morgan fingerprint density at radius 2 is 1.90 bits per heavy atom. The Morgan fingerprint density at radius 3 is 2.48 bits per heavy atom. The summed E-state index contributed by atoms with van der Waals surface area (Å²) in [6.07, 6.45) is 1.72. The Balaban J connectivity index is 1.64. The smallest absolute Gasteiger partial charge is 0.409 e. The highest BCUT2D eigenvalue weighted by molar-refractivity contribution is 5.96. The van der Waals surface area contributed by atoms with Crippen LogP contribution < -0.4 is 4.90 Å². The van der Waals surface area contributed by atoms with E-state index in [1.807, 2.05) is 35.2 Å². The van der Waals surface area contributed by atoms with Crippen molar-refractivity contribution in [3.8, 4) is 0 Å². The lowest BCUT2D eigenvalue weighted by atomic mass is 9.99. The highest BCUT2D eigenvalue weighted by Crippen LogP contribution is 2.33. The molecular formula is C16H20N2O3. The number of carbonyl (C=O) groups is 2. The third-order valence-corrected chi connectivity index (χ3v) is 4.09. The number of hydrogen-bond donors (Lipinski definition) is 0. The van der Waals surface area contributed by atoms with Gasteiger partial charge >= 0.3 is 6.09 Å². The number of rotatable bonds is 4. The number of anilines is 1. The number of ether oxygens (including phenoxy) is 1. The standard InChI is InChI=1S/C16H20N2O3/c1-21-16(20)17-9-12(10-17)11-18(15(19)13-7-8-13)14-5-3-2-4-6-14/h2-6,12-13H,7-11H2,1H3. The molecule has 1 aromatic rings. The molecule has 2 fully saturated rings. The number of benzene rings is 1. The lowest BCUT2D eigenvalue weighted by Gasteiger charge is -2.40. The van der Waals surface area contributed by atoms with E-state index in [2.05, 4.69) is 0 Å². The molecule has 1 aliphatic heterocycles. The van der Waals surface area contributed by atoms with E-state index in [1.54, 1.807) is 4.90 Å². The molecule has 1 aliphatic carbocycles. The fraction of sp³-hybridized carbons (Fsp3) is 0.500. The molecule has 5 nitrogen and oxygen atoms in total. The molecule has 0 unspecified atom stereocenters. The molecule has 5 heteroatoms. The number of methoxy groups -OCH3 is 1. The fourth-order valence-corrected chi connectivity index (χ4v) is 2.70. The SMILES string of the molecule is COC(=O)N1CC(CN(C(=O)C2CC2)c2ccccc2)C1. The number of hydrogen-bond acceptors (Lipinski definition) is 3. The van der Waals surface area contributed by atoms with Crippen molar-refractivity contribution in [3.63, 3.8) is 0 Å². The van der Waals surface area contributed by atoms with Crippen LogP contribution in [0.4, 0.5) is 10.5 Å². The minimum Gasteiger partial charge on any atom is -0.453 e. The topological polar surface area (TPSA) is 49.9 Å². The van der Waals surface area contributed by atoms with Crippen LogP contribution in [-0.4, -0.2) is 43.6 Å². The summed E-state index contributed by atoms with van der Waals surface area (Å²) in [6, 6.07) is 9.79. The van der Waals surface area contributed by atoms with Crippen molar-refractivity contribution in [3.05, 3.63) is 30.3 Å². The average molecular weight is 288 g/mol. The molecule has 1 aromatic carbocycles. The van der Waals surface area contributed by atoms with Crippen LogP contribution in [0.15, 0.2) is 30.3 Å². The van der Waals surface area contributed by atoms with Gasteiger partial charge in [0.15, 0.2) is 0 Å². The van der Waals surface area contributed by atoms with Crippen LogP contribution in [0.3, 0.4) is 0 Å². The van der Waals surface area contributed by atoms with Crippen LogP contribution in [0.2, 0.25) is 0 Å². The second-order valence-electron chi connectivity index (χ2n) is 5.80. The van der Waals surface area contributed by atoms with E-state index in [1.165, 1.54) is 7.11 Å². The minimum atomic E-state index is -0.286. The molecule has 0 N–H and O–H groups in total. The summed E-state index contributed by atoms with van der Waals surface area (Å²) < 4.78 is 4.69. The number of amides is 2. The summed E-state index contributed by atoms with van der Waals surface area (Å²) in [5, 5.41) is 0. The van der Waals surface area contributed by atoms with Crippen molar-refractivity contribution in [1.29, 1.82) is 0 Å². The molecule has 0 radical (unpaired) electrons. The van der Waals surface area contributed by atoms with Gasteiger partial charge < -0.3 is 14.5 Å².